The van der Waals surface area contributed by atoms with Crippen LogP contribution in [0.3, 0.4) is 0 Å². The van der Waals surface area contributed by atoms with E-state index in [1.54, 1.807) is 10.9 Å². The molecule has 4 saturated carbocycles. The Balaban J connectivity index is 1.51. The van der Waals surface area contributed by atoms with Gasteiger partial charge in [0.1, 0.15) is 0 Å². The van der Waals surface area contributed by atoms with Crippen LogP contribution < -0.4 is 0 Å². The lowest BCUT2D eigenvalue weighted by Crippen LogP contribution is -2.37. The third-order valence-corrected chi connectivity index (χ3v) is 14.1. The van der Waals surface area contributed by atoms with Crippen LogP contribution in [0.15, 0.2) is 42.5 Å². The summed E-state index contributed by atoms with van der Waals surface area (Å²) < 4.78 is 0. The number of hydrogen-bond acceptors (Lipinski definition) is 0. The first-order valence-corrected chi connectivity index (χ1v) is 18.1. The van der Waals surface area contributed by atoms with E-state index in [0.717, 1.165) is 59.2 Å². The monoisotopic (exact) mass is 569 g/mol. The molecule has 4 aliphatic rings. The maximum Gasteiger partial charge on any atom is -0.00910 e. The molecule has 0 amide bonds. The Kier molecular flexibility index (Phi) is 8.01. The van der Waals surface area contributed by atoms with Gasteiger partial charge >= 0.3 is 0 Å². The maximum absolute atomic E-state index is 2.65. The molecule has 0 N–H and O–H groups in total. The summed E-state index contributed by atoms with van der Waals surface area (Å²) in [5.74, 6) is 9.46. The molecule has 0 bridgehead atoms. The zero-order valence-corrected chi connectivity index (χ0v) is 29.0. The van der Waals surface area contributed by atoms with Gasteiger partial charge in [-0.25, -0.2) is 0 Å². The van der Waals surface area contributed by atoms with E-state index in [1.165, 1.54) is 56.8 Å². The van der Waals surface area contributed by atoms with Crippen molar-refractivity contribution in [2.75, 3.05) is 0 Å². The minimum atomic E-state index is 0.400. The van der Waals surface area contributed by atoms with Gasteiger partial charge < -0.3 is 0 Å². The molecule has 0 heteroatoms. The van der Waals surface area contributed by atoms with Gasteiger partial charge in [-0.3, -0.25) is 0 Å². The molecule has 0 heterocycles. The zero-order chi connectivity index (χ0) is 30.2. The molecule has 9 unspecified atom stereocenters. The van der Waals surface area contributed by atoms with Gasteiger partial charge in [0.25, 0.3) is 0 Å². The lowest BCUT2D eigenvalue weighted by Gasteiger charge is -2.46. The molecular formula is C42H64. The number of rotatable bonds is 3. The smallest absolute Gasteiger partial charge is 0.00910 e. The van der Waals surface area contributed by atoms with Crippen molar-refractivity contribution in [3.8, 4) is 0 Å². The predicted octanol–water partition coefficient (Wildman–Crippen LogP) is 12.4. The first-order valence-electron chi connectivity index (χ1n) is 18.1. The standard InChI is InChI=1S/C42H64/c1-26-22-30(42(8,9)10)25-35(26)38(34-17-13-15-27-14-11-12-16-31(27)34)39-36-23-28(40(2,3)4)18-20-32(36)33-21-19-29(24-37(33)39)41(5,6)7/h11-17,26,28-30,32-33,35-39H,18-25H2,1-10H3/t26?,28?,29?,30?,32?,33?,35?,36?,37?,38-,39?/m1/s1. The van der Waals surface area contributed by atoms with Crippen molar-refractivity contribution >= 4 is 10.8 Å². The molecule has 10 atom stereocenters. The topological polar surface area (TPSA) is 0 Å². The summed E-state index contributed by atoms with van der Waals surface area (Å²) >= 11 is 0. The van der Waals surface area contributed by atoms with Crippen LogP contribution in [0.1, 0.15) is 132 Å². The summed E-state index contributed by atoms with van der Waals surface area (Å²) in [4.78, 5) is 0. The molecule has 0 radical (unpaired) electrons. The summed E-state index contributed by atoms with van der Waals surface area (Å²) in [5, 5.41) is 3.01. The molecule has 6 rings (SSSR count). The lowest BCUT2D eigenvalue weighted by atomic mass is 9.59. The third kappa shape index (κ3) is 5.53. The van der Waals surface area contributed by atoms with Crippen molar-refractivity contribution in [2.45, 2.75) is 127 Å². The Morgan fingerprint density at radius 3 is 1.60 bits per heavy atom. The fourth-order valence-corrected chi connectivity index (χ4v) is 11.6. The normalized spacial score (nSPS) is 38.3. The van der Waals surface area contributed by atoms with Crippen LogP contribution in [0.2, 0.25) is 0 Å². The summed E-state index contributed by atoms with van der Waals surface area (Å²) in [6.45, 7) is 25.5. The summed E-state index contributed by atoms with van der Waals surface area (Å²) in [6.07, 6.45) is 11.7. The van der Waals surface area contributed by atoms with Crippen molar-refractivity contribution in [3.63, 3.8) is 0 Å². The fraction of sp³-hybridized carbons (Fsp3) is 0.762. The van der Waals surface area contributed by atoms with Crippen LogP contribution >= 0.6 is 0 Å². The summed E-state index contributed by atoms with van der Waals surface area (Å²) in [5.41, 5.74) is 2.96. The van der Waals surface area contributed by atoms with Gasteiger partial charge in [-0.05, 0) is 149 Å². The molecule has 4 fully saturated rings. The molecule has 2 aromatic rings. The van der Waals surface area contributed by atoms with Crippen LogP contribution in [0.4, 0.5) is 0 Å². The van der Waals surface area contributed by atoms with Gasteiger partial charge in [0.2, 0.25) is 0 Å². The van der Waals surface area contributed by atoms with Crippen molar-refractivity contribution in [3.05, 3.63) is 48.0 Å². The van der Waals surface area contributed by atoms with Gasteiger partial charge in [0.05, 0.1) is 0 Å². The molecule has 0 aromatic heterocycles. The number of fused-ring (bicyclic) bond motifs is 4. The molecule has 0 nitrogen and oxygen atoms in total. The zero-order valence-electron chi connectivity index (χ0n) is 29.0. The van der Waals surface area contributed by atoms with Gasteiger partial charge in [0, 0.05) is 0 Å². The van der Waals surface area contributed by atoms with E-state index in [9.17, 15) is 0 Å². The third-order valence-electron chi connectivity index (χ3n) is 14.1. The van der Waals surface area contributed by atoms with Crippen LogP contribution in [-0.4, -0.2) is 0 Å². The Hall–Kier alpha value is -1.30. The van der Waals surface area contributed by atoms with Gasteiger partial charge in [-0.15, -0.1) is 0 Å². The van der Waals surface area contributed by atoms with E-state index in [4.69, 9.17) is 0 Å². The number of hydrogen-bond donors (Lipinski definition) is 0. The quantitative estimate of drug-likeness (QED) is 0.345. The first kappa shape index (κ1) is 30.7. The average molecular weight is 569 g/mol. The van der Waals surface area contributed by atoms with E-state index in [-0.39, 0.29) is 0 Å². The maximum atomic E-state index is 2.65. The fourth-order valence-electron chi connectivity index (χ4n) is 11.6. The van der Waals surface area contributed by atoms with E-state index >= 15 is 0 Å². The highest BCUT2D eigenvalue weighted by Crippen LogP contribution is 2.67. The van der Waals surface area contributed by atoms with Crippen LogP contribution in [0, 0.1) is 75.4 Å². The van der Waals surface area contributed by atoms with Crippen molar-refractivity contribution in [1.29, 1.82) is 0 Å². The van der Waals surface area contributed by atoms with E-state index in [1.807, 2.05) is 0 Å². The van der Waals surface area contributed by atoms with Crippen molar-refractivity contribution in [1.82, 2.24) is 0 Å². The molecule has 0 saturated heterocycles. The molecule has 232 valence electrons. The van der Waals surface area contributed by atoms with Crippen LogP contribution in [-0.2, 0) is 0 Å². The lowest BCUT2D eigenvalue weighted by molar-refractivity contribution is 0.0661. The van der Waals surface area contributed by atoms with Crippen LogP contribution in [0.5, 0.6) is 0 Å². The Bertz CT molecular complexity index is 1190. The highest BCUT2D eigenvalue weighted by molar-refractivity contribution is 5.86. The largest absolute Gasteiger partial charge is 0.0622 e. The summed E-state index contributed by atoms with van der Waals surface area (Å²) in [7, 11) is 0. The van der Waals surface area contributed by atoms with Gasteiger partial charge in [-0.2, -0.15) is 0 Å². The predicted molar refractivity (Wildman–Crippen MR) is 183 cm³/mol. The molecular weight excluding hydrogens is 504 g/mol. The van der Waals surface area contributed by atoms with Gasteiger partial charge in [0.15, 0.2) is 0 Å². The highest BCUT2D eigenvalue weighted by Gasteiger charge is 2.59. The first-order chi connectivity index (χ1) is 19.6. The van der Waals surface area contributed by atoms with E-state index < -0.39 is 0 Å². The molecule has 0 spiro atoms. The Labute approximate surface area is 260 Å². The second-order valence-electron chi connectivity index (χ2n) is 19.3. The van der Waals surface area contributed by atoms with Gasteiger partial charge in [-0.1, -0.05) is 112 Å². The minimum Gasteiger partial charge on any atom is -0.0622 e. The Morgan fingerprint density at radius 2 is 1.07 bits per heavy atom. The molecule has 4 aliphatic carbocycles. The highest BCUT2D eigenvalue weighted by atomic mass is 14.6. The summed E-state index contributed by atoms with van der Waals surface area (Å²) in [6, 6.07) is 16.8. The Morgan fingerprint density at radius 1 is 0.548 bits per heavy atom. The molecule has 0 aliphatic heterocycles. The second kappa shape index (κ2) is 10.9. The van der Waals surface area contributed by atoms with E-state index in [0.29, 0.717) is 22.2 Å². The average Bonchev–Trinajstić information content (AvgIpc) is 3.46. The van der Waals surface area contributed by atoms with Crippen molar-refractivity contribution in [2.24, 2.45) is 75.4 Å². The number of benzene rings is 2. The minimum absolute atomic E-state index is 0.400. The van der Waals surface area contributed by atoms with Crippen LogP contribution in [0.25, 0.3) is 10.8 Å². The van der Waals surface area contributed by atoms with E-state index in [2.05, 4.69) is 112 Å². The second-order valence-corrected chi connectivity index (χ2v) is 19.3. The molecule has 42 heavy (non-hydrogen) atoms. The SMILES string of the molecule is CC1CC(C(C)(C)C)CC1[C@@H](c1cccc2ccccc12)C1C2CC(C(C)(C)C)CCC2C2CCC(C(C)(C)C)CC21. The van der Waals surface area contributed by atoms with Crippen molar-refractivity contribution < 1.29 is 0 Å². The molecule has 2 aromatic carbocycles.